The molecule has 1 aromatic heterocycles. The van der Waals surface area contributed by atoms with E-state index in [9.17, 15) is 13.2 Å². The van der Waals surface area contributed by atoms with Crippen molar-refractivity contribution in [2.45, 2.75) is 5.03 Å². The van der Waals surface area contributed by atoms with Crippen molar-refractivity contribution in [3.63, 3.8) is 0 Å². The van der Waals surface area contributed by atoms with Crippen molar-refractivity contribution in [3.05, 3.63) is 41.0 Å². The third kappa shape index (κ3) is 2.75. The van der Waals surface area contributed by atoms with Gasteiger partial charge in [-0.3, -0.25) is 9.40 Å². The number of sulfonamides is 1. The fraction of sp³-hybridized carbons (Fsp3) is 0.0909. The summed E-state index contributed by atoms with van der Waals surface area (Å²) in [5, 5.41) is 12.7. The van der Waals surface area contributed by atoms with Gasteiger partial charge in [0.1, 0.15) is 0 Å². The van der Waals surface area contributed by atoms with Crippen LogP contribution in [-0.4, -0.2) is 29.3 Å². The molecule has 0 aliphatic carbocycles. The molecule has 0 aliphatic rings. The van der Waals surface area contributed by atoms with Crippen LogP contribution in [0.1, 0.15) is 10.4 Å². The second-order valence-electron chi connectivity index (χ2n) is 3.90. The summed E-state index contributed by atoms with van der Waals surface area (Å²) >= 11 is 5.87. The molecule has 0 saturated carbocycles. The first-order valence-corrected chi connectivity index (χ1v) is 7.21. The summed E-state index contributed by atoms with van der Waals surface area (Å²) in [6.45, 7) is 0. The summed E-state index contributed by atoms with van der Waals surface area (Å²) in [4.78, 5) is 10.9. The molecule has 0 fully saturated rings. The van der Waals surface area contributed by atoms with Crippen molar-refractivity contribution in [1.29, 1.82) is 0 Å². The Bertz CT molecular complexity index is 770. The normalized spacial score (nSPS) is 11.3. The maximum absolute atomic E-state index is 12.1. The van der Waals surface area contributed by atoms with Crippen LogP contribution in [0, 0.1) is 0 Å². The maximum atomic E-state index is 12.1. The van der Waals surface area contributed by atoms with Gasteiger partial charge in [0.2, 0.25) is 0 Å². The minimum atomic E-state index is -3.89. The van der Waals surface area contributed by atoms with Gasteiger partial charge in [-0.25, -0.2) is 4.79 Å². The van der Waals surface area contributed by atoms with Crippen molar-refractivity contribution in [3.8, 4) is 0 Å². The van der Waals surface area contributed by atoms with Crippen LogP contribution >= 0.6 is 11.6 Å². The van der Waals surface area contributed by atoms with Gasteiger partial charge in [0.05, 0.1) is 22.5 Å². The molecule has 106 valence electrons. The number of hydrogen-bond acceptors (Lipinski definition) is 4. The second kappa shape index (κ2) is 5.14. The number of aryl methyl sites for hydroxylation is 1. The average molecular weight is 316 g/mol. The largest absolute Gasteiger partial charge is 0.478 e. The highest BCUT2D eigenvalue weighted by atomic mass is 35.5. The summed E-state index contributed by atoms with van der Waals surface area (Å²) in [6.07, 6.45) is 1.34. The van der Waals surface area contributed by atoms with E-state index >= 15 is 0 Å². The van der Waals surface area contributed by atoms with Crippen LogP contribution in [0.25, 0.3) is 0 Å². The van der Waals surface area contributed by atoms with E-state index in [-0.39, 0.29) is 21.3 Å². The molecular formula is C11H10ClN3O4S. The fourth-order valence-electron chi connectivity index (χ4n) is 1.56. The lowest BCUT2D eigenvalue weighted by molar-refractivity contribution is 0.0697. The Labute approximate surface area is 119 Å². The van der Waals surface area contributed by atoms with E-state index < -0.39 is 16.0 Å². The number of carbonyl (C=O) groups is 1. The zero-order valence-corrected chi connectivity index (χ0v) is 11.8. The van der Waals surface area contributed by atoms with E-state index in [2.05, 4.69) is 9.82 Å². The van der Waals surface area contributed by atoms with Crippen molar-refractivity contribution in [2.75, 3.05) is 4.72 Å². The summed E-state index contributed by atoms with van der Waals surface area (Å²) in [5.41, 5.74) is -0.0788. The van der Waals surface area contributed by atoms with Gasteiger partial charge in [0.25, 0.3) is 10.0 Å². The quantitative estimate of drug-likeness (QED) is 0.891. The predicted molar refractivity (Wildman–Crippen MR) is 72.4 cm³/mol. The van der Waals surface area contributed by atoms with Gasteiger partial charge in [-0.1, -0.05) is 11.6 Å². The molecule has 0 amide bonds. The number of aromatic nitrogens is 2. The van der Waals surface area contributed by atoms with Crippen LogP contribution in [0.15, 0.2) is 35.5 Å². The molecule has 0 unspecified atom stereocenters. The van der Waals surface area contributed by atoms with Crippen molar-refractivity contribution < 1.29 is 18.3 Å². The van der Waals surface area contributed by atoms with Gasteiger partial charge in [0, 0.05) is 7.05 Å². The lowest BCUT2D eigenvalue weighted by Crippen LogP contribution is -2.17. The number of nitrogens with one attached hydrogen (secondary N) is 1. The zero-order valence-electron chi connectivity index (χ0n) is 10.2. The first kappa shape index (κ1) is 14.4. The Morgan fingerprint density at radius 1 is 1.40 bits per heavy atom. The van der Waals surface area contributed by atoms with Crippen LogP contribution in [0.2, 0.25) is 5.02 Å². The molecule has 0 bridgehead atoms. The number of benzene rings is 1. The Morgan fingerprint density at radius 2 is 2.10 bits per heavy atom. The lowest BCUT2D eigenvalue weighted by atomic mass is 10.2. The number of nitrogens with zero attached hydrogens (tertiary/aromatic N) is 2. The molecule has 0 atom stereocenters. The highest BCUT2D eigenvalue weighted by Gasteiger charge is 2.20. The zero-order chi connectivity index (χ0) is 14.9. The van der Waals surface area contributed by atoms with Crippen LogP contribution < -0.4 is 4.72 Å². The summed E-state index contributed by atoms with van der Waals surface area (Å²) in [7, 11) is -2.42. The number of anilines is 1. The number of hydrogen-bond donors (Lipinski definition) is 2. The molecule has 2 aromatic rings. The van der Waals surface area contributed by atoms with E-state index in [1.54, 1.807) is 0 Å². The number of carboxylic acids is 1. The molecule has 2 rings (SSSR count). The Morgan fingerprint density at radius 3 is 2.65 bits per heavy atom. The number of carboxylic acid groups (broad SMARTS) is 1. The average Bonchev–Trinajstić information content (AvgIpc) is 2.78. The van der Waals surface area contributed by atoms with E-state index in [0.29, 0.717) is 0 Å². The van der Waals surface area contributed by atoms with E-state index in [4.69, 9.17) is 16.7 Å². The van der Waals surface area contributed by atoms with Crippen LogP contribution in [0.4, 0.5) is 5.69 Å². The molecule has 20 heavy (non-hydrogen) atoms. The minimum absolute atomic E-state index is 0.00670. The number of halogens is 1. The van der Waals surface area contributed by atoms with Gasteiger partial charge in [-0.15, -0.1) is 0 Å². The van der Waals surface area contributed by atoms with Crippen LogP contribution in [0.3, 0.4) is 0 Å². The van der Waals surface area contributed by atoms with Crippen LogP contribution in [-0.2, 0) is 17.1 Å². The first-order valence-electron chi connectivity index (χ1n) is 5.35. The van der Waals surface area contributed by atoms with Gasteiger partial charge in [-0.2, -0.15) is 13.5 Å². The predicted octanol–water partition coefficient (Wildman–Crippen LogP) is 1.57. The molecule has 9 heteroatoms. The third-order valence-corrected chi connectivity index (χ3v) is 4.28. The summed E-state index contributed by atoms with van der Waals surface area (Å²) in [5.74, 6) is -1.18. The van der Waals surface area contributed by atoms with Crippen molar-refractivity contribution in [1.82, 2.24) is 9.78 Å². The topological polar surface area (TPSA) is 101 Å². The SMILES string of the molecule is Cn1nccc1S(=O)(=O)Nc1cc(C(=O)O)ccc1Cl. The van der Waals surface area contributed by atoms with E-state index in [1.807, 2.05) is 0 Å². The standard InChI is InChI=1S/C11H10ClN3O4S/c1-15-10(4-5-13-15)20(18,19)14-9-6-7(11(16)17)2-3-8(9)12/h2-6,14H,1H3,(H,16,17). The molecule has 1 aromatic carbocycles. The molecule has 0 radical (unpaired) electrons. The van der Waals surface area contributed by atoms with Gasteiger partial charge < -0.3 is 5.11 Å². The number of rotatable bonds is 4. The molecule has 0 aliphatic heterocycles. The highest BCUT2D eigenvalue weighted by Crippen LogP contribution is 2.25. The minimum Gasteiger partial charge on any atom is -0.478 e. The molecule has 0 saturated heterocycles. The molecular weight excluding hydrogens is 306 g/mol. The van der Waals surface area contributed by atoms with Gasteiger partial charge >= 0.3 is 5.97 Å². The molecule has 2 N–H and O–H groups in total. The Hall–Kier alpha value is -2.06. The van der Waals surface area contributed by atoms with Crippen LogP contribution in [0.5, 0.6) is 0 Å². The summed E-state index contributed by atoms with van der Waals surface area (Å²) in [6, 6.07) is 5.06. The Kier molecular flexibility index (Phi) is 3.69. The molecule has 7 nitrogen and oxygen atoms in total. The van der Waals surface area contributed by atoms with E-state index in [0.717, 1.165) is 6.07 Å². The lowest BCUT2D eigenvalue weighted by Gasteiger charge is -2.10. The van der Waals surface area contributed by atoms with Crippen molar-refractivity contribution in [2.24, 2.45) is 7.05 Å². The second-order valence-corrected chi connectivity index (χ2v) is 5.93. The van der Waals surface area contributed by atoms with Gasteiger partial charge in [0.15, 0.2) is 5.03 Å². The smallest absolute Gasteiger partial charge is 0.335 e. The number of aromatic carboxylic acids is 1. The monoisotopic (exact) mass is 315 g/mol. The third-order valence-electron chi connectivity index (χ3n) is 2.51. The summed E-state index contributed by atoms with van der Waals surface area (Å²) < 4.78 is 27.7. The van der Waals surface area contributed by atoms with Gasteiger partial charge in [-0.05, 0) is 24.3 Å². The molecule has 1 heterocycles. The maximum Gasteiger partial charge on any atom is 0.335 e. The fourth-order valence-corrected chi connectivity index (χ4v) is 2.98. The highest BCUT2D eigenvalue weighted by molar-refractivity contribution is 7.92. The Balaban J connectivity index is 2.42. The molecule has 0 spiro atoms. The van der Waals surface area contributed by atoms with Crippen molar-refractivity contribution >= 4 is 33.3 Å². The van der Waals surface area contributed by atoms with E-state index in [1.165, 1.54) is 36.1 Å². The first-order chi connectivity index (χ1) is 9.31.